The highest BCUT2D eigenvalue weighted by atomic mass is 16.5. The predicted octanol–water partition coefficient (Wildman–Crippen LogP) is 3.72. The molecule has 0 amide bonds. The van der Waals surface area contributed by atoms with Crippen molar-refractivity contribution in [2.75, 3.05) is 28.4 Å². The Morgan fingerprint density at radius 2 is 1.62 bits per heavy atom. The molecule has 0 aliphatic carbocycles. The van der Waals surface area contributed by atoms with Crippen LogP contribution in [0.2, 0.25) is 0 Å². The number of hydrogen-bond donors (Lipinski definition) is 0. The van der Waals surface area contributed by atoms with Crippen LogP contribution in [0.15, 0.2) is 51.7 Å². The van der Waals surface area contributed by atoms with Crippen LogP contribution in [-0.2, 0) is 0 Å². The molecular formula is C22H20O7. The van der Waals surface area contributed by atoms with E-state index in [1.807, 2.05) is 0 Å². The van der Waals surface area contributed by atoms with Crippen LogP contribution in [0.25, 0.3) is 17.0 Å². The lowest BCUT2D eigenvalue weighted by Gasteiger charge is -2.13. The van der Waals surface area contributed by atoms with Crippen molar-refractivity contribution in [2.45, 2.75) is 0 Å². The Kier molecular flexibility index (Phi) is 5.87. The van der Waals surface area contributed by atoms with Gasteiger partial charge in [-0.2, -0.15) is 0 Å². The first-order chi connectivity index (χ1) is 14.0. The van der Waals surface area contributed by atoms with Gasteiger partial charge in [0.1, 0.15) is 5.56 Å². The van der Waals surface area contributed by atoms with Crippen molar-refractivity contribution in [3.63, 3.8) is 0 Å². The van der Waals surface area contributed by atoms with Crippen LogP contribution >= 0.6 is 0 Å². The monoisotopic (exact) mass is 396 g/mol. The summed E-state index contributed by atoms with van der Waals surface area (Å²) >= 11 is 0. The number of carbonyl (C=O) groups is 1. The van der Waals surface area contributed by atoms with Crippen molar-refractivity contribution in [1.29, 1.82) is 0 Å². The third kappa shape index (κ3) is 3.80. The summed E-state index contributed by atoms with van der Waals surface area (Å²) in [6, 6.07) is 10.1. The molecule has 1 heterocycles. The maximum atomic E-state index is 12.6. The Morgan fingerprint density at radius 1 is 0.897 bits per heavy atom. The summed E-state index contributed by atoms with van der Waals surface area (Å²) in [5.74, 6) is 1.23. The van der Waals surface area contributed by atoms with E-state index in [1.54, 1.807) is 36.4 Å². The highest BCUT2D eigenvalue weighted by molar-refractivity contribution is 6.08. The Labute approximate surface area is 167 Å². The minimum absolute atomic E-state index is 0.0820. The predicted molar refractivity (Wildman–Crippen MR) is 108 cm³/mol. The number of ether oxygens (including phenoxy) is 4. The first kappa shape index (κ1) is 20.0. The Balaban J connectivity index is 2.00. The van der Waals surface area contributed by atoms with E-state index in [0.717, 1.165) is 0 Å². The first-order valence-corrected chi connectivity index (χ1v) is 8.66. The van der Waals surface area contributed by atoms with E-state index < -0.39 is 11.4 Å². The third-order valence-electron chi connectivity index (χ3n) is 4.36. The number of hydrogen-bond acceptors (Lipinski definition) is 7. The number of benzene rings is 2. The molecule has 0 radical (unpaired) electrons. The zero-order valence-corrected chi connectivity index (χ0v) is 16.5. The molecule has 0 N–H and O–H groups in total. The van der Waals surface area contributed by atoms with E-state index >= 15 is 0 Å². The molecule has 0 bridgehead atoms. The van der Waals surface area contributed by atoms with Crippen LogP contribution in [-0.4, -0.2) is 34.2 Å². The Morgan fingerprint density at radius 3 is 2.28 bits per heavy atom. The van der Waals surface area contributed by atoms with Crippen molar-refractivity contribution < 1.29 is 28.2 Å². The van der Waals surface area contributed by atoms with Gasteiger partial charge in [-0.25, -0.2) is 4.79 Å². The normalized spacial score (nSPS) is 10.9. The van der Waals surface area contributed by atoms with E-state index in [9.17, 15) is 9.59 Å². The topological polar surface area (TPSA) is 84.2 Å². The Bertz CT molecular complexity index is 1140. The highest BCUT2D eigenvalue weighted by Gasteiger charge is 2.16. The van der Waals surface area contributed by atoms with Crippen molar-refractivity contribution in [1.82, 2.24) is 0 Å². The molecule has 0 fully saturated rings. The molecule has 0 saturated heterocycles. The molecule has 0 unspecified atom stereocenters. The standard InChI is InChI=1S/C22H20O7/c1-25-17-7-5-6-14-12-15(22(24)29-19(14)17)16(23)10-8-13-9-11-18(26-2)21(28-4)20(13)27-3/h5-12H,1-4H3. The lowest BCUT2D eigenvalue weighted by atomic mass is 10.1. The second-order valence-corrected chi connectivity index (χ2v) is 5.95. The largest absolute Gasteiger partial charge is 0.493 e. The fourth-order valence-corrected chi connectivity index (χ4v) is 2.96. The lowest BCUT2D eigenvalue weighted by molar-refractivity contribution is 0.104. The second kappa shape index (κ2) is 8.52. The van der Waals surface area contributed by atoms with E-state index in [1.165, 1.54) is 40.6 Å². The molecule has 7 heteroatoms. The van der Waals surface area contributed by atoms with E-state index in [4.69, 9.17) is 23.4 Å². The molecule has 2 aromatic carbocycles. The number of methoxy groups -OCH3 is 4. The minimum atomic E-state index is -0.740. The van der Waals surface area contributed by atoms with E-state index in [0.29, 0.717) is 39.5 Å². The molecule has 150 valence electrons. The number of carbonyl (C=O) groups excluding carboxylic acids is 1. The summed E-state index contributed by atoms with van der Waals surface area (Å²) in [6.45, 7) is 0. The van der Waals surface area contributed by atoms with Crippen molar-refractivity contribution >= 4 is 22.8 Å². The van der Waals surface area contributed by atoms with Gasteiger partial charge in [0.05, 0.1) is 28.4 Å². The number of rotatable bonds is 7. The molecule has 3 aromatic rings. The molecule has 3 rings (SSSR count). The average molecular weight is 396 g/mol. The van der Waals surface area contributed by atoms with Crippen molar-refractivity contribution in [3.05, 3.63) is 64.0 Å². The second-order valence-electron chi connectivity index (χ2n) is 5.95. The first-order valence-electron chi connectivity index (χ1n) is 8.66. The molecule has 1 aromatic heterocycles. The average Bonchev–Trinajstić information content (AvgIpc) is 2.75. The summed E-state index contributed by atoms with van der Waals surface area (Å²) in [5, 5.41) is 0.587. The molecular weight excluding hydrogens is 376 g/mol. The van der Waals surface area contributed by atoms with Gasteiger partial charge < -0.3 is 23.4 Å². The number of fused-ring (bicyclic) bond motifs is 1. The van der Waals surface area contributed by atoms with E-state index in [2.05, 4.69) is 0 Å². The molecule has 0 aliphatic rings. The molecule has 7 nitrogen and oxygen atoms in total. The maximum absolute atomic E-state index is 12.6. The molecule has 0 aliphatic heterocycles. The van der Waals surface area contributed by atoms with Crippen LogP contribution in [0.1, 0.15) is 15.9 Å². The molecule has 0 saturated carbocycles. The highest BCUT2D eigenvalue weighted by Crippen LogP contribution is 2.40. The van der Waals surface area contributed by atoms with Gasteiger partial charge in [-0.05, 0) is 36.4 Å². The van der Waals surface area contributed by atoms with Gasteiger partial charge in [-0.3, -0.25) is 4.79 Å². The quantitative estimate of drug-likeness (QED) is 0.342. The van der Waals surface area contributed by atoms with Crippen LogP contribution in [0.4, 0.5) is 0 Å². The van der Waals surface area contributed by atoms with Gasteiger partial charge in [0.15, 0.2) is 28.6 Å². The van der Waals surface area contributed by atoms with Gasteiger partial charge in [-0.1, -0.05) is 12.1 Å². The fraction of sp³-hybridized carbons (Fsp3) is 0.182. The van der Waals surface area contributed by atoms with Crippen LogP contribution in [0, 0.1) is 0 Å². The van der Waals surface area contributed by atoms with Gasteiger partial charge in [0.2, 0.25) is 5.75 Å². The third-order valence-corrected chi connectivity index (χ3v) is 4.36. The van der Waals surface area contributed by atoms with Crippen molar-refractivity contribution in [3.8, 4) is 23.0 Å². The van der Waals surface area contributed by atoms with E-state index in [-0.39, 0.29) is 5.56 Å². The van der Waals surface area contributed by atoms with Crippen LogP contribution in [0.5, 0.6) is 23.0 Å². The Hall–Kier alpha value is -3.74. The number of allylic oxidation sites excluding steroid dienone is 1. The van der Waals surface area contributed by atoms with Gasteiger partial charge in [0.25, 0.3) is 0 Å². The fourth-order valence-electron chi connectivity index (χ4n) is 2.96. The summed E-state index contributed by atoms with van der Waals surface area (Å²) in [7, 11) is 5.98. The SMILES string of the molecule is COc1ccc(C=CC(=O)c2cc3cccc(OC)c3oc2=O)c(OC)c1OC. The maximum Gasteiger partial charge on any atom is 0.347 e. The lowest BCUT2D eigenvalue weighted by Crippen LogP contribution is -2.12. The summed E-state index contributed by atoms with van der Waals surface area (Å²) in [6.07, 6.45) is 2.82. The van der Waals surface area contributed by atoms with Crippen molar-refractivity contribution in [2.24, 2.45) is 0 Å². The van der Waals surface area contributed by atoms with Gasteiger partial charge in [0, 0.05) is 10.9 Å². The molecule has 0 spiro atoms. The minimum Gasteiger partial charge on any atom is -0.493 e. The number of para-hydroxylation sites is 1. The smallest absolute Gasteiger partial charge is 0.347 e. The van der Waals surface area contributed by atoms with Crippen LogP contribution < -0.4 is 24.6 Å². The zero-order valence-electron chi connectivity index (χ0n) is 16.5. The summed E-state index contributed by atoms with van der Waals surface area (Å²) in [4.78, 5) is 25.0. The molecule has 0 atom stereocenters. The molecule has 29 heavy (non-hydrogen) atoms. The van der Waals surface area contributed by atoms with Gasteiger partial charge >= 0.3 is 5.63 Å². The van der Waals surface area contributed by atoms with Gasteiger partial charge in [-0.15, -0.1) is 0 Å². The summed E-state index contributed by atoms with van der Waals surface area (Å²) in [5.41, 5.74) is 0.0600. The summed E-state index contributed by atoms with van der Waals surface area (Å²) < 4.78 is 26.5. The number of ketones is 1. The zero-order chi connectivity index (χ0) is 21.0. The van der Waals surface area contributed by atoms with Crippen LogP contribution in [0.3, 0.4) is 0 Å².